The first-order valence-electron chi connectivity index (χ1n) is 8.72. The fourth-order valence-corrected chi connectivity index (χ4v) is 3.46. The van der Waals surface area contributed by atoms with Gasteiger partial charge in [-0.25, -0.2) is 0 Å². The van der Waals surface area contributed by atoms with Crippen molar-refractivity contribution >= 4 is 5.91 Å². The topological polar surface area (TPSA) is 47.4 Å². The molecule has 2 aromatic carbocycles. The summed E-state index contributed by atoms with van der Waals surface area (Å²) in [5.74, 6) is 0.841. The van der Waals surface area contributed by atoms with E-state index in [1.807, 2.05) is 60.7 Å². The number of nitrogens with zero attached hydrogens (tertiary/aromatic N) is 3. The molecule has 0 saturated heterocycles. The number of aryl methyl sites for hydroxylation is 1. The van der Waals surface area contributed by atoms with E-state index in [1.54, 1.807) is 4.68 Å². The molecule has 3 aromatic rings. The van der Waals surface area contributed by atoms with Crippen LogP contribution in [0.5, 0.6) is 5.75 Å². The number of fused-ring (bicyclic) bond motifs is 1. The second-order valence-electron chi connectivity index (χ2n) is 6.57. The Morgan fingerprint density at radius 3 is 2.69 bits per heavy atom. The largest absolute Gasteiger partial charge is 0.484 e. The molecule has 0 bridgehead atoms. The van der Waals surface area contributed by atoms with Gasteiger partial charge in [-0.2, -0.15) is 5.10 Å². The van der Waals surface area contributed by atoms with Gasteiger partial charge in [0.05, 0.1) is 6.20 Å². The van der Waals surface area contributed by atoms with Crippen molar-refractivity contribution in [2.24, 2.45) is 7.05 Å². The van der Waals surface area contributed by atoms with Gasteiger partial charge >= 0.3 is 0 Å². The normalized spacial score (nSPS) is 16.2. The van der Waals surface area contributed by atoms with Crippen LogP contribution in [0, 0.1) is 0 Å². The van der Waals surface area contributed by atoms with Gasteiger partial charge in [0, 0.05) is 32.3 Å². The van der Waals surface area contributed by atoms with Crippen LogP contribution in [0.3, 0.4) is 0 Å². The molecule has 0 spiro atoms. The Kier molecular flexibility index (Phi) is 4.44. The minimum Gasteiger partial charge on any atom is -0.484 e. The van der Waals surface area contributed by atoms with Crippen molar-refractivity contribution in [3.8, 4) is 5.75 Å². The van der Waals surface area contributed by atoms with Crippen molar-refractivity contribution in [2.45, 2.75) is 12.5 Å². The third-order valence-corrected chi connectivity index (χ3v) is 4.78. The molecule has 0 saturated carbocycles. The quantitative estimate of drug-likeness (QED) is 0.729. The van der Waals surface area contributed by atoms with Crippen LogP contribution in [0.15, 0.2) is 67.0 Å². The zero-order chi connectivity index (χ0) is 17.9. The maximum atomic E-state index is 12.7. The SMILES string of the molecule is Cn1cc(C2CN(C(=O)COc3ccccc3)Cc3ccccc32)cn1. The van der Waals surface area contributed by atoms with E-state index >= 15 is 0 Å². The lowest BCUT2D eigenvalue weighted by atomic mass is 9.86. The Hall–Kier alpha value is -3.08. The molecule has 26 heavy (non-hydrogen) atoms. The van der Waals surface area contributed by atoms with Gasteiger partial charge in [0.1, 0.15) is 5.75 Å². The highest BCUT2D eigenvalue weighted by molar-refractivity contribution is 5.78. The third kappa shape index (κ3) is 3.33. The number of carbonyl (C=O) groups is 1. The van der Waals surface area contributed by atoms with Gasteiger partial charge in [-0.15, -0.1) is 0 Å². The van der Waals surface area contributed by atoms with Gasteiger partial charge in [-0.3, -0.25) is 9.48 Å². The number of rotatable bonds is 4. The van der Waals surface area contributed by atoms with Crippen molar-refractivity contribution in [3.63, 3.8) is 0 Å². The molecule has 0 radical (unpaired) electrons. The van der Waals surface area contributed by atoms with Gasteiger partial charge in [-0.1, -0.05) is 42.5 Å². The monoisotopic (exact) mass is 347 g/mol. The van der Waals surface area contributed by atoms with Crippen molar-refractivity contribution < 1.29 is 9.53 Å². The average Bonchev–Trinajstić information content (AvgIpc) is 3.12. The molecule has 132 valence electrons. The van der Waals surface area contributed by atoms with E-state index < -0.39 is 0 Å². The Bertz CT molecular complexity index is 904. The lowest BCUT2D eigenvalue weighted by Gasteiger charge is -2.34. The molecule has 0 fully saturated rings. The first-order chi connectivity index (χ1) is 12.7. The number of para-hydroxylation sites is 1. The van der Waals surface area contributed by atoms with Crippen molar-refractivity contribution in [1.29, 1.82) is 0 Å². The van der Waals surface area contributed by atoms with Crippen LogP contribution in [-0.4, -0.2) is 33.7 Å². The average molecular weight is 347 g/mol. The van der Waals surface area contributed by atoms with Crippen LogP contribution in [0.1, 0.15) is 22.6 Å². The van der Waals surface area contributed by atoms with E-state index in [0.717, 1.165) is 5.56 Å². The predicted octanol–water partition coefficient (Wildman–Crippen LogP) is 2.97. The van der Waals surface area contributed by atoms with Crippen LogP contribution >= 0.6 is 0 Å². The molecular formula is C21H21N3O2. The molecule has 5 heteroatoms. The van der Waals surface area contributed by atoms with Crippen LogP contribution in [0.2, 0.25) is 0 Å². The number of benzene rings is 2. The lowest BCUT2D eigenvalue weighted by Crippen LogP contribution is -2.41. The van der Waals surface area contributed by atoms with E-state index in [1.165, 1.54) is 11.1 Å². The zero-order valence-electron chi connectivity index (χ0n) is 14.7. The number of carbonyl (C=O) groups excluding carboxylic acids is 1. The third-order valence-electron chi connectivity index (χ3n) is 4.78. The van der Waals surface area contributed by atoms with E-state index in [0.29, 0.717) is 18.8 Å². The summed E-state index contributed by atoms with van der Waals surface area (Å²) >= 11 is 0. The van der Waals surface area contributed by atoms with Crippen LogP contribution in [0.25, 0.3) is 0 Å². The molecule has 1 atom stereocenters. The van der Waals surface area contributed by atoms with E-state index in [2.05, 4.69) is 23.3 Å². The Balaban J connectivity index is 1.54. The molecule has 1 aliphatic rings. The number of aromatic nitrogens is 2. The van der Waals surface area contributed by atoms with Crippen molar-refractivity contribution in [3.05, 3.63) is 83.7 Å². The summed E-state index contributed by atoms with van der Waals surface area (Å²) in [6.45, 7) is 1.30. The van der Waals surface area contributed by atoms with E-state index in [4.69, 9.17) is 4.74 Å². The maximum absolute atomic E-state index is 12.7. The van der Waals surface area contributed by atoms with Crippen molar-refractivity contribution in [1.82, 2.24) is 14.7 Å². The fraction of sp³-hybridized carbons (Fsp3) is 0.238. The first-order valence-corrected chi connectivity index (χ1v) is 8.72. The first kappa shape index (κ1) is 16.4. The molecule has 2 heterocycles. The molecule has 0 aliphatic carbocycles. The number of ether oxygens (including phenoxy) is 1. The molecule has 5 nitrogen and oxygen atoms in total. The molecule has 1 aliphatic heterocycles. The van der Waals surface area contributed by atoms with E-state index in [9.17, 15) is 4.79 Å². The highest BCUT2D eigenvalue weighted by Crippen LogP contribution is 2.33. The summed E-state index contributed by atoms with van der Waals surface area (Å²) in [5.41, 5.74) is 3.58. The Labute approximate surface area is 152 Å². The van der Waals surface area contributed by atoms with Crippen LogP contribution in [-0.2, 0) is 18.4 Å². The second-order valence-corrected chi connectivity index (χ2v) is 6.57. The maximum Gasteiger partial charge on any atom is 0.260 e. The zero-order valence-corrected chi connectivity index (χ0v) is 14.7. The summed E-state index contributed by atoms with van der Waals surface area (Å²) < 4.78 is 7.45. The standard InChI is InChI=1S/C21H21N3O2/c1-23-12-17(11-22-23)20-14-24(13-16-7-5-6-10-19(16)20)21(25)15-26-18-8-3-2-4-9-18/h2-12,20H,13-15H2,1H3. The molecule has 4 rings (SSSR count). The fourth-order valence-electron chi connectivity index (χ4n) is 3.46. The summed E-state index contributed by atoms with van der Waals surface area (Å²) in [7, 11) is 1.91. The van der Waals surface area contributed by atoms with Crippen LogP contribution in [0.4, 0.5) is 0 Å². The van der Waals surface area contributed by atoms with Crippen LogP contribution < -0.4 is 4.74 Å². The van der Waals surface area contributed by atoms with Gasteiger partial charge in [0.2, 0.25) is 0 Å². The number of amides is 1. The molecule has 1 aromatic heterocycles. The summed E-state index contributed by atoms with van der Waals surface area (Å²) in [6.07, 6.45) is 3.91. The minimum atomic E-state index is -0.00255. The van der Waals surface area contributed by atoms with Gasteiger partial charge in [0.15, 0.2) is 6.61 Å². The number of hydrogen-bond donors (Lipinski definition) is 0. The number of hydrogen-bond acceptors (Lipinski definition) is 3. The summed E-state index contributed by atoms with van der Waals surface area (Å²) in [4.78, 5) is 14.6. The van der Waals surface area contributed by atoms with Crippen molar-refractivity contribution in [2.75, 3.05) is 13.2 Å². The van der Waals surface area contributed by atoms with E-state index in [-0.39, 0.29) is 18.4 Å². The minimum absolute atomic E-state index is 0.00255. The molecule has 1 amide bonds. The summed E-state index contributed by atoms with van der Waals surface area (Å²) in [6, 6.07) is 17.8. The summed E-state index contributed by atoms with van der Waals surface area (Å²) in [5, 5.41) is 4.30. The second kappa shape index (κ2) is 7.04. The van der Waals surface area contributed by atoms with Gasteiger partial charge < -0.3 is 9.64 Å². The smallest absolute Gasteiger partial charge is 0.260 e. The highest BCUT2D eigenvalue weighted by Gasteiger charge is 2.29. The molecule has 0 N–H and O–H groups in total. The van der Waals surface area contributed by atoms with Gasteiger partial charge in [-0.05, 0) is 28.8 Å². The predicted molar refractivity (Wildman–Crippen MR) is 98.8 cm³/mol. The molecular weight excluding hydrogens is 326 g/mol. The highest BCUT2D eigenvalue weighted by atomic mass is 16.5. The Morgan fingerprint density at radius 1 is 1.15 bits per heavy atom. The molecule has 1 unspecified atom stereocenters. The van der Waals surface area contributed by atoms with Gasteiger partial charge in [0.25, 0.3) is 5.91 Å². The Morgan fingerprint density at radius 2 is 1.92 bits per heavy atom. The lowest BCUT2D eigenvalue weighted by molar-refractivity contribution is -0.134.